The van der Waals surface area contributed by atoms with E-state index >= 15 is 0 Å². The molecule has 2 aromatic heterocycles. The number of rotatable bonds is 6. The average molecular weight is 377 g/mol. The van der Waals surface area contributed by atoms with E-state index in [0.29, 0.717) is 38.2 Å². The molecule has 1 aliphatic rings. The summed E-state index contributed by atoms with van der Waals surface area (Å²) in [6, 6.07) is 3.14. The highest BCUT2D eigenvalue weighted by Crippen LogP contribution is 2.20. The molecule has 0 aromatic carbocycles. The number of carbonyl (C=O) groups excluding carboxylic acids is 1. The number of amides is 1. The van der Waals surface area contributed by atoms with Crippen molar-refractivity contribution in [3.8, 4) is 0 Å². The van der Waals surface area contributed by atoms with Gasteiger partial charge in [0.05, 0.1) is 6.26 Å². The Morgan fingerprint density at radius 2 is 2.04 bits per heavy atom. The molecule has 1 unspecified atom stereocenters. The summed E-state index contributed by atoms with van der Waals surface area (Å²) in [5, 5.41) is 0. The van der Waals surface area contributed by atoms with Crippen molar-refractivity contribution in [3.05, 3.63) is 48.3 Å². The van der Waals surface area contributed by atoms with Gasteiger partial charge in [-0.05, 0) is 25.5 Å². The van der Waals surface area contributed by atoms with Crippen LogP contribution >= 0.6 is 0 Å². The van der Waals surface area contributed by atoms with Crippen LogP contribution in [0.1, 0.15) is 22.6 Å². The number of aryl methyl sites for hydroxylation is 1. The minimum absolute atomic E-state index is 0.0891. The highest BCUT2D eigenvalue weighted by molar-refractivity contribution is 7.88. The van der Waals surface area contributed by atoms with Gasteiger partial charge in [0.2, 0.25) is 10.0 Å². The number of carbonyl (C=O) groups is 1. The van der Waals surface area contributed by atoms with Gasteiger partial charge in [-0.15, -0.1) is 0 Å². The molecule has 1 atom stereocenters. The third-order valence-electron chi connectivity index (χ3n) is 4.70. The summed E-state index contributed by atoms with van der Waals surface area (Å²) in [6.45, 7) is 3.72. The third-order valence-corrected chi connectivity index (χ3v) is 6.03. The van der Waals surface area contributed by atoms with Crippen molar-refractivity contribution in [1.29, 1.82) is 0 Å². The van der Waals surface area contributed by atoms with Crippen LogP contribution in [-0.4, -0.2) is 70.0 Å². The van der Waals surface area contributed by atoms with Crippen LogP contribution in [-0.2, 0) is 16.6 Å². The zero-order valence-corrected chi connectivity index (χ0v) is 15.8. The van der Waals surface area contributed by atoms with E-state index < -0.39 is 10.0 Å². The molecule has 1 saturated heterocycles. The Kier molecular flexibility index (Phi) is 5.38. The van der Waals surface area contributed by atoms with E-state index in [2.05, 4.69) is 9.97 Å². The van der Waals surface area contributed by atoms with Crippen LogP contribution in [0.5, 0.6) is 0 Å². The fourth-order valence-corrected chi connectivity index (χ4v) is 4.43. The third kappa shape index (κ3) is 4.10. The molecule has 0 saturated carbocycles. The fourth-order valence-electron chi connectivity index (χ4n) is 3.30. The molecule has 8 nitrogen and oxygen atoms in total. The monoisotopic (exact) mass is 377 g/mol. The second-order valence-electron chi connectivity index (χ2n) is 6.47. The summed E-state index contributed by atoms with van der Waals surface area (Å²) in [7, 11) is -3.38. The van der Waals surface area contributed by atoms with Crippen molar-refractivity contribution in [2.24, 2.45) is 0 Å². The van der Waals surface area contributed by atoms with E-state index in [1.54, 1.807) is 35.6 Å². The molecular weight excluding hydrogens is 354 g/mol. The molecule has 2 aromatic rings. The average Bonchev–Trinajstić information content (AvgIpc) is 3.24. The number of nitrogens with zero attached hydrogens (tertiary/aromatic N) is 5. The maximum Gasteiger partial charge on any atom is 0.254 e. The Morgan fingerprint density at radius 3 is 2.65 bits per heavy atom. The lowest BCUT2D eigenvalue weighted by atomic mass is 10.2. The quantitative estimate of drug-likeness (QED) is 0.742. The first-order valence-corrected chi connectivity index (χ1v) is 10.3. The van der Waals surface area contributed by atoms with Gasteiger partial charge in [0.25, 0.3) is 5.91 Å². The standard InChI is InChI=1S/C17H23N5O3S/c1-14-19-8-10-20(14)11-12-22(26(2,24)25)16-5-9-21(13-16)17(23)15-3-6-18-7-4-15/h3-4,6-8,10,16H,5,9,11-13H2,1-2H3. The Labute approximate surface area is 153 Å². The van der Waals surface area contributed by atoms with Gasteiger partial charge in [0, 0.05) is 62.6 Å². The molecule has 0 N–H and O–H groups in total. The first-order valence-electron chi connectivity index (χ1n) is 8.50. The number of hydrogen-bond acceptors (Lipinski definition) is 5. The molecule has 1 amide bonds. The first kappa shape index (κ1) is 18.5. The molecule has 0 bridgehead atoms. The zero-order chi connectivity index (χ0) is 18.7. The van der Waals surface area contributed by atoms with Crippen molar-refractivity contribution in [2.75, 3.05) is 25.9 Å². The highest BCUT2D eigenvalue weighted by atomic mass is 32.2. The smallest absolute Gasteiger partial charge is 0.254 e. The molecule has 9 heteroatoms. The minimum Gasteiger partial charge on any atom is -0.337 e. The van der Waals surface area contributed by atoms with Crippen LogP contribution in [0.3, 0.4) is 0 Å². The molecule has 0 radical (unpaired) electrons. The Hall–Kier alpha value is -2.26. The van der Waals surface area contributed by atoms with Crippen molar-refractivity contribution in [1.82, 2.24) is 23.7 Å². The number of pyridine rings is 1. The van der Waals surface area contributed by atoms with Crippen LogP contribution in [0.25, 0.3) is 0 Å². The molecule has 3 rings (SSSR count). The number of imidazole rings is 1. The summed E-state index contributed by atoms with van der Waals surface area (Å²) in [5.41, 5.74) is 0.570. The van der Waals surface area contributed by atoms with E-state index in [4.69, 9.17) is 0 Å². The topological polar surface area (TPSA) is 88.4 Å². The minimum atomic E-state index is -3.38. The van der Waals surface area contributed by atoms with Gasteiger partial charge in [-0.25, -0.2) is 13.4 Å². The van der Waals surface area contributed by atoms with Gasteiger partial charge in [-0.1, -0.05) is 0 Å². The summed E-state index contributed by atoms with van der Waals surface area (Å²) in [6.07, 6.45) is 8.55. The summed E-state index contributed by atoms with van der Waals surface area (Å²) < 4.78 is 28.0. The van der Waals surface area contributed by atoms with E-state index in [-0.39, 0.29) is 11.9 Å². The van der Waals surface area contributed by atoms with Gasteiger partial charge in [0.1, 0.15) is 5.82 Å². The second kappa shape index (κ2) is 7.55. The first-order chi connectivity index (χ1) is 12.4. The second-order valence-corrected chi connectivity index (χ2v) is 8.41. The number of likely N-dealkylation sites (tertiary alicyclic amines) is 1. The number of aromatic nitrogens is 3. The van der Waals surface area contributed by atoms with Gasteiger partial charge in [0.15, 0.2) is 0 Å². The van der Waals surface area contributed by atoms with Gasteiger partial charge in [-0.3, -0.25) is 9.78 Å². The Morgan fingerprint density at radius 1 is 1.31 bits per heavy atom. The molecule has 3 heterocycles. The lowest BCUT2D eigenvalue weighted by Crippen LogP contribution is -2.43. The fraction of sp³-hybridized carbons (Fsp3) is 0.471. The SMILES string of the molecule is Cc1nccn1CCN(C1CCN(C(=O)c2ccncc2)C1)S(C)(=O)=O. The van der Waals surface area contributed by atoms with E-state index in [0.717, 1.165) is 5.82 Å². The summed E-state index contributed by atoms with van der Waals surface area (Å²) >= 11 is 0. The van der Waals surface area contributed by atoms with Gasteiger partial charge < -0.3 is 9.47 Å². The normalized spacial score (nSPS) is 17.8. The van der Waals surface area contributed by atoms with Gasteiger partial charge in [-0.2, -0.15) is 4.31 Å². The van der Waals surface area contributed by atoms with Crippen LogP contribution in [0.4, 0.5) is 0 Å². The van der Waals surface area contributed by atoms with Crippen LogP contribution in [0.2, 0.25) is 0 Å². The largest absolute Gasteiger partial charge is 0.337 e. The van der Waals surface area contributed by atoms with Crippen molar-refractivity contribution in [3.63, 3.8) is 0 Å². The van der Waals surface area contributed by atoms with Crippen LogP contribution < -0.4 is 0 Å². The predicted molar refractivity (Wildman–Crippen MR) is 97.1 cm³/mol. The number of hydrogen-bond donors (Lipinski definition) is 0. The number of sulfonamides is 1. The molecule has 140 valence electrons. The van der Waals surface area contributed by atoms with E-state index in [1.165, 1.54) is 10.6 Å². The maximum absolute atomic E-state index is 12.6. The molecular formula is C17H23N5O3S. The summed E-state index contributed by atoms with van der Waals surface area (Å²) in [5.74, 6) is 0.758. The zero-order valence-electron chi connectivity index (χ0n) is 14.9. The molecule has 0 aliphatic carbocycles. The van der Waals surface area contributed by atoms with Crippen molar-refractivity contribution in [2.45, 2.75) is 25.9 Å². The summed E-state index contributed by atoms with van der Waals surface area (Å²) in [4.78, 5) is 22.4. The van der Waals surface area contributed by atoms with Crippen molar-refractivity contribution < 1.29 is 13.2 Å². The Balaban J connectivity index is 1.68. The highest BCUT2D eigenvalue weighted by Gasteiger charge is 2.34. The molecule has 26 heavy (non-hydrogen) atoms. The van der Waals surface area contributed by atoms with E-state index in [1.807, 2.05) is 17.7 Å². The van der Waals surface area contributed by atoms with E-state index in [9.17, 15) is 13.2 Å². The van der Waals surface area contributed by atoms with Gasteiger partial charge >= 0.3 is 0 Å². The lowest BCUT2D eigenvalue weighted by Gasteiger charge is -2.27. The molecule has 0 spiro atoms. The maximum atomic E-state index is 12.6. The molecule has 1 fully saturated rings. The van der Waals surface area contributed by atoms with Crippen LogP contribution in [0.15, 0.2) is 36.9 Å². The molecule has 1 aliphatic heterocycles. The Bertz CT molecular complexity index is 866. The van der Waals surface area contributed by atoms with Crippen LogP contribution in [0, 0.1) is 6.92 Å². The predicted octanol–water partition coefficient (Wildman–Crippen LogP) is 0.763. The van der Waals surface area contributed by atoms with Crippen molar-refractivity contribution >= 4 is 15.9 Å². The lowest BCUT2D eigenvalue weighted by molar-refractivity contribution is 0.0784.